The molecule has 5 heteroatoms. The number of carbonyl (C=O) groups excluding carboxylic acids is 1. The maximum absolute atomic E-state index is 13.5. The van der Waals surface area contributed by atoms with Crippen molar-refractivity contribution in [2.45, 2.75) is 13.0 Å². The number of carbonyl (C=O) groups is 1. The van der Waals surface area contributed by atoms with E-state index in [2.05, 4.69) is 16.0 Å². The number of halogens is 1. The van der Waals surface area contributed by atoms with E-state index in [4.69, 9.17) is 0 Å². The van der Waals surface area contributed by atoms with Gasteiger partial charge >= 0.3 is 0 Å². The van der Waals surface area contributed by atoms with Crippen LogP contribution in [0.3, 0.4) is 0 Å². The molecule has 0 saturated carbocycles. The topological polar surface area (TPSA) is 53.2 Å². The van der Waals surface area contributed by atoms with Gasteiger partial charge in [-0.2, -0.15) is 0 Å². The van der Waals surface area contributed by atoms with Gasteiger partial charge in [-0.3, -0.25) is 4.79 Å². The summed E-state index contributed by atoms with van der Waals surface area (Å²) in [6.45, 7) is 2.17. The largest absolute Gasteiger partial charge is 0.381 e. The summed E-state index contributed by atoms with van der Waals surface area (Å²) in [6, 6.07) is 12.0. The molecule has 1 heterocycles. The lowest BCUT2D eigenvalue weighted by molar-refractivity contribution is -0.116. The third-order valence-corrected chi connectivity index (χ3v) is 3.51. The minimum Gasteiger partial charge on any atom is -0.381 e. The number of hydrogen-bond donors (Lipinski definition) is 3. The van der Waals surface area contributed by atoms with Crippen LogP contribution in [0, 0.1) is 12.7 Å². The Morgan fingerprint density at radius 1 is 1.24 bits per heavy atom. The van der Waals surface area contributed by atoms with E-state index < -0.39 is 6.04 Å². The first-order valence-corrected chi connectivity index (χ1v) is 6.80. The molecule has 1 aliphatic heterocycles. The molecule has 21 heavy (non-hydrogen) atoms. The van der Waals surface area contributed by atoms with E-state index >= 15 is 0 Å². The van der Waals surface area contributed by atoms with E-state index in [0.717, 1.165) is 11.4 Å². The molecule has 3 N–H and O–H groups in total. The van der Waals surface area contributed by atoms with Crippen molar-refractivity contribution in [3.05, 3.63) is 53.8 Å². The summed E-state index contributed by atoms with van der Waals surface area (Å²) >= 11 is 0. The average Bonchev–Trinajstić information content (AvgIpc) is 2.50. The molecule has 1 unspecified atom stereocenters. The maximum Gasteiger partial charge on any atom is 0.248 e. The van der Waals surface area contributed by atoms with Gasteiger partial charge in [0, 0.05) is 12.2 Å². The molecule has 0 spiro atoms. The Hall–Kier alpha value is -2.56. The number of rotatable bonds is 2. The number of nitrogens with one attached hydrogen (secondary N) is 3. The zero-order valence-corrected chi connectivity index (χ0v) is 11.6. The van der Waals surface area contributed by atoms with Crippen LogP contribution in [0.2, 0.25) is 0 Å². The van der Waals surface area contributed by atoms with Crippen molar-refractivity contribution in [2.75, 3.05) is 22.5 Å². The Balaban J connectivity index is 1.70. The molecule has 0 aromatic heterocycles. The van der Waals surface area contributed by atoms with Crippen molar-refractivity contribution in [1.29, 1.82) is 0 Å². The van der Waals surface area contributed by atoms with Crippen LogP contribution in [0.1, 0.15) is 5.56 Å². The van der Waals surface area contributed by atoms with Crippen molar-refractivity contribution in [1.82, 2.24) is 0 Å². The van der Waals surface area contributed by atoms with Crippen LogP contribution in [0.25, 0.3) is 0 Å². The van der Waals surface area contributed by atoms with Crippen molar-refractivity contribution in [3.63, 3.8) is 0 Å². The number of fused-ring (bicyclic) bond motifs is 1. The summed E-state index contributed by atoms with van der Waals surface area (Å²) in [4.78, 5) is 12.2. The quantitative estimate of drug-likeness (QED) is 0.795. The smallest absolute Gasteiger partial charge is 0.248 e. The first-order valence-electron chi connectivity index (χ1n) is 6.80. The summed E-state index contributed by atoms with van der Waals surface area (Å²) in [6.07, 6.45) is 0. The molecule has 2 aromatic rings. The fourth-order valence-electron chi connectivity index (χ4n) is 2.27. The molecule has 1 amide bonds. The molecular weight excluding hydrogens is 269 g/mol. The predicted octanol–water partition coefficient (Wildman–Crippen LogP) is 2.98. The van der Waals surface area contributed by atoms with Crippen molar-refractivity contribution < 1.29 is 9.18 Å². The first kappa shape index (κ1) is 13.4. The molecule has 3 rings (SSSR count). The number of hydrogen-bond acceptors (Lipinski definition) is 3. The number of para-hydroxylation sites is 2. The van der Waals surface area contributed by atoms with E-state index in [1.54, 1.807) is 19.1 Å². The molecule has 0 aliphatic carbocycles. The zero-order chi connectivity index (χ0) is 14.8. The van der Waals surface area contributed by atoms with Crippen LogP contribution in [0.4, 0.5) is 21.5 Å². The Kier molecular flexibility index (Phi) is 3.48. The van der Waals surface area contributed by atoms with Gasteiger partial charge in [-0.25, -0.2) is 4.39 Å². The minimum atomic E-state index is -0.399. The molecule has 1 atom stereocenters. The second-order valence-electron chi connectivity index (χ2n) is 5.08. The summed E-state index contributed by atoms with van der Waals surface area (Å²) in [5.74, 6) is -0.520. The monoisotopic (exact) mass is 285 g/mol. The number of aryl methyl sites for hydroxylation is 1. The van der Waals surface area contributed by atoms with Gasteiger partial charge in [0.15, 0.2) is 0 Å². The van der Waals surface area contributed by atoms with Gasteiger partial charge in [0.25, 0.3) is 0 Å². The third kappa shape index (κ3) is 2.81. The van der Waals surface area contributed by atoms with Gasteiger partial charge in [-0.1, -0.05) is 18.2 Å². The summed E-state index contributed by atoms with van der Waals surface area (Å²) in [5.41, 5.74) is 2.88. The Bertz CT molecular complexity index is 687. The number of amides is 1. The van der Waals surface area contributed by atoms with Crippen LogP contribution in [-0.2, 0) is 4.79 Å². The molecule has 0 bridgehead atoms. The van der Waals surface area contributed by atoms with Crippen LogP contribution in [0.15, 0.2) is 42.5 Å². The van der Waals surface area contributed by atoms with Crippen molar-refractivity contribution in [3.8, 4) is 0 Å². The lowest BCUT2D eigenvalue weighted by atomic mass is 10.1. The highest BCUT2D eigenvalue weighted by Gasteiger charge is 2.23. The fraction of sp³-hybridized carbons (Fsp3) is 0.188. The highest BCUT2D eigenvalue weighted by atomic mass is 19.1. The number of benzene rings is 2. The second kappa shape index (κ2) is 5.44. The van der Waals surface area contributed by atoms with Crippen molar-refractivity contribution >= 4 is 23.0 Å². The average molecular weight is 285 g/mol. The van der Waals surface area contributed by atoms with Crippen LogP contribution >= 0.6 is 0 Å². The van der Waals surface area contributed by atoms with E-state index in [-0.39, 0.29) is 11.7 Å². The Labute approximate surface area is 122 Å². The lowest BCUT2D eigenvalue weighted by Crippen LogP contribution is -2.42. The second-order valence-corrected chi connectivity index (χ2v) is 5.08. The Morgan fingerprint density at radius 3 is 2.76 bits per heavy atom. The molecule has 0 fully saturated rings. The zero-order valence-electron chi connectivity index (χ0n) is 11.6. The molecule has 2 aromatic carbocycles. The van der Waals surface area contributed by atoms with Gasteiger partial charge in [0.05, 0.1) is 11.4 Å². The van der Waals surface area contributed by atoms with Gasteiger partial charge in [-0.15, -0.1) is 0 Å². The molecular formula is C16H16FN3O. The summed E-state index contributed by atoms with van der Waals surface area (Å²) in [5, 5.41) is 9.11. The molecule has 0 radical (unpaired) electrons. The highest BCUT2D eigenvalue weighted by molar-refractivity contribution is 5.98. The van der Waals surface area contributed by atoms with E-state index in [1.807, 2.05) is 24.3 Å². The summed E-state index contributed by atoms with van der Waals surface area (Å²) in [7, 11) is 0. The fourth-order valence-corrected chi connectivity index (χ4v) is 2.27. The molecule has 4 nitrogen and oxygen atoms in total. The standard InChI is InChI=1S/C16H16FN3O/c1-10-6-7-11(8-12(10)17)19-16(21)15-9-18-13-4-2-3-5-14(13)20-15/h2-8,15,18,20H,9H2,1H3,(H,19,21). The maximum atomic E-state index is 13.5. The van der Waals surface area contributed by atoms with E-state index in [0.29, 0.717) is 17.8 Å². The minimum absolute atomic E-state index is 0.194. The first-order chi connectivity index (χ1) is 10.1. The van der Waals surface area contributed by atoms with E-state index in [1.165, 1.54) is 6.07 Å². The number of anilines is 3. The molecule has 0 saturated heterocycles. The van der Waals surface area contributed by atoms with E-state index in [9.17, 15) is 9.18 Å². The van der Waals surface area contributed by atoms with Crippen LogP contribution in [-0.4, -0.2) is 18.5 Å². The van der Waals surface area contributed by atoms with Crippen LogP contribution < -0.4 is 16.0 Å². The Morgan fingerprint density at radius 2 is 2.00 bits per heavy atom. The van der Waals surface area contributed by atoms with Gasteiger partial charge < -0.3 is 16.0 Å². The third-order valence-electron chi connectivity index (χ3n) is 3.51. The SMILES string of the molecule is Cc1ccc(NC(=O)C2CNc3ccccc3N2)cc1F. The summed E-state index contributed by atoms with van der Waals surface area (Å²) < 4.78 is 13.5. The van der Waals surface area contributed by atoms with Gasteiger partial charge in [-0.05, 0) is 36.8 Å². The predicted molar refractivity (Wildman–Crippen MR) is 82.1 cm³/mol. The molecule has 1 aliphatic rings. The molecule has 108 valence electrons. The lowest BCUT2D eigenvalue weighted by Gasteiger charge is -2.27. The van der Waals surface area contributed by atoms with Gasteiger partial charge in [0.2, 0.25) is 5.91 Å². The normalized spacial score (nSPS) is 16.4. The highest BCUT2D eigenvalue weighted by Crippen LogP contribution is 2.25. The van der Waals surface area contributed by atoms with Crippen molar-refractivity contribution in [2.24, 2.45) is 0 Å². The van der Waals surface area contributed by atoms with Crippen LogP contribution in [0.5, 0.6) is 0 Å². The van der Waals surface area contributed by atoms with Gasteiger partial charge in [0.1, 0.15) is 11.9 Å².